The molecule has 0 aliphatic rings. The molecule has 1 aromatic heterocycles. The number of nitrogens with one attached hydrogen (secondary N) is 1. The molecule has 0 radical (unpaired) electrons. The van der Waals surface area contributed by atoms with E-state index in [0.717, 1.165) is 14.8 Å². The second-order valence-corrected chi connectivity index (χ2v) is 7.24. The molecule has 0 spiro atoms. The number of carbonyl (C=O) groups is 1. The second kappa shape index (κ2) is 7.77. The van der Waals surface area contributed by atoms with Crippen LogP contribution in [0, 0.1) is 0 Å². The largest absolute Gasteiger partial charge is 0.348 e. The van der Waals surface area contributed by atoms with Crippen LogP contribution in [0.1, 0.15) is 30.3 Å². The Hall–Kier alpha value is -1.36. The highest BCUT2D eigenvalue weighted by Crippen LogP contribution is 2.23. The normalized spacial score (nSPS) is 13.9. The molecule has 1 N–H and O–H groups in total. The quantitative estimate of drug-likeness (QED) is 0.861. The molecule has 1 heterocycles. The summed E-state index contributed by atoms with van der Waals surface area (Å²) in [6.45, 7) is 4.63. The molecule has 3 nitrogen and oxygen atoms in total. The third-order valence-electron chi connectivity index (χ3n) is 3.73. The monoisotopic (exact) mass is 336 g/mol. The average Bonchev–Trinajstić information content (AvgIpc) is 2.92. The van der Waals surface area contributed by atoms with E-state index in [1.54, 1.807) is 11.3 Å². The van der Waals surface area contributed by atoms with Gasteiger partial charge in [0, 0.05) is 11.4 Å². The summed E-state index contributed by atoms with van der Waals surface area (Å²) in [4.78, 5) is 15.6. The molecule has 2 aromatic rings. The van der Waals surface area contributed by atoms with Crippen molar-refractivity contribution in [2.75, 3.05) is 7.05 Å². The summed E-state index contributed by atoms with van der Waals surface area (Å²) >= 11 is 7.49. The van der Waals surface area contributed by atoms with Crippen molar-refractivity contribution in [2.24, 2.45) is 0 Å². The van der Waals surface area contributed by atoms with Gasteiger partial charge in [-0.15, -0.1) is 11.3 Å². The smallest absolute Gasteiger partial charge is 0.237 e. The molecule has 22 heavy (non-hydrogen) atoms. The summed E-state index contributed by atoms with van der Waals surface area (Å²) in [6.07, 6.45) is 0. The fraction of sp³-hybridized carbons (Fsp3) is 0.353. The zero-order valence-corrected chi connectivity index (χ0v) is 14.6. The van der Waals surface area contributed by atoms with Gasteiger partial charge in [0.15, 0.2) is 0 Å². The number of amides is 1. The van der Waals surface area contributed by atoms with E-state index in [1.807, 2.05) is 68.3 Å². The van der Waals surface area contributed by atoms with E-state index in [4.69, 9.17) is 11.6 Å². The highest BCUT2D eigenvalue weighted by molar-refractivity contribution is 7.16. The molecular formula is C17H21ClN2OS. The van der Waals surface area contributed by atoms with Crippen molar-refractivity contribution < 1.29 is 4.79 Å². The second-order valence-electron chi connectivity index (χ2n) is 5.44. The molecule has 1 amide bonds. The Kier molecular flexibility index (Phi) is 6.00. The molecule has 2 rings (SSSR count). The van der Waals surface area contributed by atoms with Gasteiger partial charge in [-0.2, -0.15) is 0 Å². The topological polar surface area (TPSA) is 32.3 Å². The van der Waals surface area contributed by atoms with E-state index in [9.17, 15) is 4.79 Å². The first-order valence-corrected chi connectivity index (χ1v) is 8.46. The maximum absolute atomic E-state index is 12.4. The standard InChI is InChI=1S/C17H21ClN2OS/c1-12(14-7-5-4-6-8-14)19-17(21)13(2)20(3)11-15-9-10-16(18)22-15/h4-10,12-13H,11H2,1-3H3,(H,19,21). The van der Waals surface area contributed by atoms with E-state index in [0.29, 0.717) is 6.54 Å². The van der Waals surface area contributed by atoms with Gasteiger partial charge < -0.3 is 5.32 Å². The highest BCUT2D eigenvalue weighted by atomic mass is 35.5. The van der Waals surface area contributed by atoms with Crippen LogP contribution in [0.15, 0.2) is 42.5 Å². The molecule has 1 aromatic carbocycles. The Morgan fingerprint density at radius 1 is 1.23 bits per heavy atom. The van der Waals surface area contributed by atoms with E-state index in [-0.39, 0.29) is 18.0 Å². The SMILES string of the molecule is CC(NC(=O)C(C)N(C)Cc1ccc(Cl)s1)c1ccccc1. The summed E-state index contributed by atoms with van der Waals surface area (Å²) in [5, 5.41) is 3.06. The predicted octanol–water partition coefficient (Wildman–Crippen LogP) is 4.10. The molecule has 0 fully saturated rings. The number of hydrogen-bond acceptors (Lipinski definition) is 3. The zero-order valence-electron chi connectivity index (χ0n) is 13.0. The lowest BCUT2D eigenvalue weighted by Crippen LogP contribution is -2.43. The number of likely N-dealkylation sites (N-methyl/N-ethyl adjacent to an activating group) is 1. The van der Waals surface area contributed by atoms with Crippen LogP contribution >= 0.6 is 22.9 Å². The number of halogens is 1. The van der Waals surface area contributed by atoms with Gasteiger partial charge in [-0.3, -0.25) is 9.69 Å². The molecule has 0 bridgehead atoms. The third kappa shape index (κ3) is 4.57. The van der Waals surface area contributed by atoms with Crippen molar-refractivity contribution >= 4 is 28.8 Å². The Morgan fingerprint density at radius 3 is 2.50 bits per heavy atom. The maximum Gasteiger partial charge on any atom is 0.237 e. The van der Waals surface area contributed by atoms with Crippen molar-refractivity contribution in [3.63, 3.8) is 0 Å². The lowest BCUT2D eigenvalue weighted by Gasteiger charge is -2.25. The van der Waals surface area contributed by atoms with Gasteiger partial charge in [0.1, 0.15) is 0 Å². The van der Waals surface area contributed by atoms with Crippen LogP contribution in [0.3, 0.4) is 0 Å². The van der Waals surface area contributed by atoms with E-state index in [1.165, 1.54) is 0 Å². The van der Waals surface area contributed by atoms with Crippen molar-refractivity contribution in [3.05, 3.63) is 57.2 Å². The molecule has 0 aliphatic heterocycles. The Morgan fingerprint density at radius 2 is 1.91 bits per heavy atom. The minimum Gasteiger partial charge on any atom is -0.348 e. The molecular weight excluding hydrogens is 316 g/mol. The van der Waals surface area contributed by atoms with Crippen molar-refractivity contribution in [1.29, 1.82) is 0 Å². The van der Waals surface area contributed by atoms with Crippen LogP contribution in [0.5, 0.6) is 0 Å². The molecule has 2 atom stereocenters. The van der Waals surface area contributed by atoms with Crippen LogP contribution < -0.4 is 5.32 Å². The van der Waals surface area contributed by atoms with Crippen LogP contribution in [0.25, 0.3) is 0 Å². The van der Waals surface area contributed by atoms with Crippen molar-refractivity contribution in [1.82, 2.24) is 10.2 Å². The number of thiophene rings is 1. The van der Waals surface area contributed by atoms with Crippen LogP contribution in [0.2, 0.25) is 4.34 Å². The summed E-state index contributed by atoms with van der Waals surface area (Å²) in [5.74, 6) is 0.0292. The molecule has 5 heteroatoms. The minimum atomic E-state index is -0.202. The molecule has 0 saturated carbocycles. The number of nitrogens with zero attached hydrogens (tertiary/aromatic N) is 1. The van der Waals surface area contributed by atoms with Crippen LogP contribution in [-0.4, -0.2) is 23.9 Å². The maximum atomic E-state index is 12.4. The third-order valence-corrected chi connectivity index (χ3v) is 4.95. The molecule has 0 saturated heterocycles. The van der Waals surface area contributed by atoms with E-state index < -0.39 is 0 Å². The zero-order chi connectivity index (χ0) is 16.1. The Labute approximate surface area is 140 Å². The summed E-state index contributed by atoms with van der Waals surface area (Å²) in [7, 11) is 1.95. The Balaban J connectivity index is 1.91. The van der Waals surface area contributed by atoms with Gasteiger partial charge in [-0.25, -0.2) is 0 Å². The molecule has 2 unspecified atom stereocenters. The predicted molar refractivity (Wildman–Crippen MR) is 93.3 cm³/mol. The summed E-state index contributed by atoms with van der Waals surface area (Å²) in [5.41, 5.74) is 1.11. The Bertz CT molecular complexity index is 614. The van der Waals surface area contributed by atoms with Crippen LogP contribution in [0.4, 0.5) is 0 Å². The first-order chi connectivity index (χ1) is 10.5. The fourth-order valence-electron chi connectivity index (χ4n) is 2.18. The van der Waals surface area contributed by atoms with E-state index >= 15 is 0 Å². The van der Waals surface area contributed by atoms with Gasteiger partial charge in [0.05, 0.1) is 16.4 Å². The van der Waals surface area contributed by atoms with Gasteiger partial charge >= 0.3 is 0 Å². The van der Waals surface area contributed by atoms with Crippen LogP contribution in [-0.2, 0) is 11.3 Å². The van der Waals surface area contributed by atoms with Crippen molar-refractivity contribution in [3.8, 4) is 0 Å². The first kappa shape index (κ1) is 17.0. The molecule has 0 aliphatic carbocycles. The first-order valence-electron chi connectivity index (χ1n) is 7.27. The fourth-order valence-corrected chi connectivity index (χ4v) is 3.33. The lowest BCUT2D eigenvalue weighted by molar-refractivity contribution is -0.126. The summed E-state index contributed by atoms with van der Waals surface area (Å²) in [6, 6.07) is 13.7. The number of rotatable bonds is 6. The number of hydrogen-bond donors (Lipinski definition) is 1. The lowest BCUT2D eigenvalue weighted by atomic mass is 10.1. The summed E-state index contributed by atoms with van der Waals surface area (Å²) < 4.78 is 0.776. The highest BCUT2D eigenvalue weighted by Gasteiger charge is 2.20. The van der Waals surface area contributed by atoms with Crippen molar-refractivity contribution in [2.45, 2.75) is 32.5 Å². The number of carbonyl (C=O) groups excluding carboxylic acids is 1. The van der Waals surface area contributed by atoms with Gasteiger partial charge in [0.2, 0.25) is 5.91 Å². The van der Waals surface area contributed by atoms with E-state index in [2.05, 4.69) is 5.32 Å². The van der Waals surface area contributed by atoms with Gasteiger partial charge in [0.25, 0.3) is 0 Å². The van der Waals surface area contributed by atoms with Gasteiger partial charge in [-0.05, 0) is 38.6 Å². The van der Waals surface area contributed by atoms with Gasteiger partial charge in [-0.1, -0.05) is 41.9 Å². The molecule has 118 valence electrons. The average molecular weight is 337 g/mol. The number of benzene rings is 1. The minimum absolute atomic E-state index is 0.000678.